The molecule has 2 aliphatic heterocycles. The van der Waals surface area contributed by atoms with Gasteiger partial charge < -0.3 is 15.4 Å². The number of carbonyl (C=O) groups is 1. The van der Waals surface area contributed by atoms with Crippen molar-refractivity contribution < 1.29 is 9.53 Å². The largest absolute Gasteiger partial charge is 0.376 e. The minimum absolute atomic E-state index is 0.170. The quantitative estimate of drug-likeness (QED) is 0.673. The molecule has 0 spiro atoms. The first-order chi connectivity index (χ1) is 6.84. The van der Waals surface area contributed by atoms with E-state index in [1.807, 2.05) is 0 Å². The maximum absolute atomic E-state index is 10.9. The number of piperidine rings is 1. The molecule has 1 unspecified atom stereocenters. The van der Waals surface area contributed by atoms with Crippen molar-refractivity contribution in [1.29, 1.82) is 0 Å². The van der Waals surface area contributed by atoms with Gasteiger partial charge in [0.05, 0.1) is 18.8 Å². The van der Waals surface area contributed by atoms with Crippen LogP contribution in [0.1, 0.15) is 25.7 Å². The van der Waals surface area contributed by atoms with Crippen molar-refractivity contribution in [2.75, 3.05) is 19.7 Å². The third-order valence-corrected chi connectivity index (χ3v) is 2.90. The lowest BCUT2D eigenvalue weighted by molar-refractivity contribution is -0.119. The average molecular weight is 198 g/mol. The van der Waals surface area contributed by atoms with Crippen LogP contribution in [0, 0.1) is 0 Å². The maximum atomic E-state index is 10.9. The number of amides is 1. The van der Waals surface area contributed by atoms with Gasteiger partial charge in [0.1, 0.15) is 0 Å². The van der Waals surface area contributed by atoms with Gasteiger partial charge in [-0.2, -0.15) is 0 Å². The normalized spacial score (nSPS) is 29.1. The van der Waals surface area contributed by atoms with Crippen molar-refractivity contribution in [2.24, 2.45) is 0 Å². The number of nitrogens with one attached hydrogen (secondary N) is 2. The molecule has 2 saturated heterocycles. The summed E-state index contributed by atoms with van der Waals surface area (Å²) in [6.07, 6.45) is 4.19. The second-order valence-corrected chi connectivity index (χ2v) is 4.09. The molecule has 0 aromatic heterocycles. The first-order valence-electron chi connectivity index (χ1n) is 5.46. The fourth-order valence-corrected chi connectivity index (χ4v) is 2.02. The Hall–Kier alpha value is -0.610. The van der Waals surface area contributed by atoms with Crippen LogP contribution >= 0.6 is 0 Å². The summed E-state index contributed by atoms with van der Waals surface area (Å²) in [4.78, 5) is 10.9. The Morgan fingerprint density at radius 2 is 2.07 bits per heavy atom. The van der Waals surface area contributed by atoms with Gasteiger partial charge in [-0.25, -0.2) is 0 Å². The maximum Gasteiger partial charge on any atom is 0.220 e. The standard InChI is InChI=1S/C10H18N2O2/c13-10-2-1-8(12-10)7-14-9-3-5-11-6-4-9/h8-9,11H,1-7H2,(H,12,13). The second-order valence-electron chi connectivity index (χ2n) is 4.09. The van der Waals surface area contributed by atoms with Crippen molar-refractivity contribution in [1.82, 2.24) is 10.6 Å². The van der Waals surface area contributed by atoms with E-state index in [0.717, 1.165) is 32.4 Å². The highest BCUT2D eigenvalue weighted by atomic mass is 16.5. The zero-order valence-corrected chi connectivity index (χ0v) is 8.42. The molecular formula is C10H18N2O2. The molecule has 2 N–H and O–H groups in total. The topological polar surface area (TPSA) is 50.4 Å². The molecule has 0 aliphatic carbocycles. The Morgan fingerprint density at radius 3 is 2.71 bits per heavy atom. The molecule has 0 radical (unpaired) electrons. The summed E-state index contributed by atoms with van der Waals surface area (Å²) in [7, 11) is 0. The molecule has 0 saturated carbocycles. The highest BCUT2D eigenvalue weighted by molar-refractivity contribution is 5.78. The third-order valence-electron chi connectivity index (χ3n) is 2.90. The number of hydrogen-bond acceptors (Lipinski definition) is 3. The molecule has 1 amide bonds. The van der Waals surface area contributed by atoms with Crippen LogP contribution in [0.2, 0.25) is 0 Å². The van der Waals surface area contributed by atoms with E-state index in [2.05, 4.69) is 10.6 Å². The summed E-state index contributed by atoms with van der Waals surface area (Å²) in [5.74, 6) is 0.170. The summed E-state index contributed by atoms with van der Waals surface area (Å²) in [6, 6.07) is 0.261. The molecule has 2 fully saturated rings. The summed E-state index contributed by atoms with van der Waals surface area (Å²) >= 11 is 0. The Balaban J connectivity index is 1.63. The Bertz CT molecular complexity index is 202. The summed E-state index contributed by atoms with van der Waals surface area (Å²) in [6.45, 7) is 2.81. The Kier molecular flexibility index (Phi) is 3.37. The first-order valence-corrected chi connectivity index (χ1v) is 5.46. The molecule has 2 rings (SSSR count). The predicted molar refractivity (Wildman–Crippen MR) is 53.0 cm³/mol. The zero-order chi connectivity index (χ0) is 9.80. The average Bonchev–Trinajstić information content (AvgIpc) is 2.63. The van der Waals surface area contributed by atoms with Crippen LogP contribution in [0.15, 0.2) is 0 Å². The van der Waals surface area contributed by atoms with Crippen LogP contribution in [-0.2, 0) is 9.53 Å². The SMILES string of the molecule is O=C1CCC(COC2CCNCC2)N1. The molecule has 0 aromatic rings. The molecular weight excluding hydrogens is 180 g/mol. The van der Waals surface area contributed by atoms with Crippen molar-refractivity contribution in [3.8, 4) is 0 Å². The van der Waals surface area contributed by atoms with Gasteiger partial charge in [0.25, 0.3) is 0 Å². The lowest BCUT2D eigenvalue weighted by Gasteiger charge is -2.24. The minimum atomic E-state index is 0.170. The van der Waals surface area contributed by atoms with Crippen LogP contribution in [0.3, 0.4) is 0 Å². The number of hydrogen-bond donors (Lipinski definition) is 2. The fraction of sp³-hybridized carbons (Fsp3) is 0.900. The first kappa shape index (κ1) is 9.93. The van der Waals surface area contributed by atoms with Gasteiger partial charge in [-0.3, -0.25) is 4.79 Å². The lowest BCUT2D eigenvalue weighted by Crippen LogP contribution is -2.36. The molecule has 0 bridgehead atoms. The van der Waals surface area contributed by atoms with Crippen molar-refractivity contribution in [2.45, 2.75) is 37.8 Å². The van der Waals surface area contributed by atoms with E-state index in [1.165, 1.54) is 0 Å². The molecule has 2 heterocycles. The second kappa shape index (κ2) is 4.75. The Morgan fingerprint density at radius 1 is 1.29 bits per heavy atom. The zero-order valence-electron chi connectivity index (χ0n) is 8.42. The monoisotopic (exact) mass is 198 g/mol. The van der Waals surface area contributed by atoms with E-state index < -0.39 is 0 Å². The summed E-state index contributed by atoms with van der Waals surface area (Å²) in [5.41, 5.74) is 0. The highest BCUT2D eigenvalue weighted by Gasteiger charge is 2.22. The van der Waals surface area contributed by atoms with E-state index in [-0.39, 0.29) is 11.9 Å². The van der Waals surface area contributed by atoms with Gasteiger partial charge in [-0.05, 0) is 32.4 Å². The van der Waals surface area contributed by atoms with Gasteiger partial charge in [-0.15, -0.1) is 0 Å². The molecule has 1 atom stereocenters. The van der Waals surface area contributed by atoms with Crippen molar-refractivity contribution >= 4 is 5.91 Å². The van der Waals surface area contributed by atoms with E-state index >= 15 is 0 Å². The summed E-state index contributed by atoms with van der Waals surface area (Å²) in [5, 5.41) is 6.21. The summed E-state index contributed by atoms with van der Waals surface area (Å²) < 4.78 is 5.76. The number of ether oxygens (including phenoxy) is 1. The molecule has 2 aliphatic rings. The van der Waals surface area contributed by atoms with E-state index in [9.17, 15) is 4.79 Å². The van der Waals surface area contributed by atoms with Crippen LogP contribution < -0.4 is 10.6 Å². The van der Waals surface area contributed by atoms with Gasteiger partial charge in [0.2, 0.25) is 5.91 Å². The van der Waals surface area contributed by atoms with Crippen LogP contribution in [0.25, 0.3) is 0 Å². The predicted octanol–water partition coefficient (Wildman–Crippen LogP) is 0.0336. The molecule has 80 valence electrons. The van der Waals surface area contributed by atoms with Gasteiger partial charge in [0.15, 0.2) is 0 Å². The van der Waals surface area contributed by atoms with Crippen molar-refractivity contribution in [3.63, 3.8) is 0 Å². The number of carbonyl (C=O) groups excluding carboxylic acids is 1. The van der Waals surface area contributed by atoms with Crippen LogP contribution in [-0.4, -0.2) is 37.7 Å². The van der Waals surface area contributed by atoms with E-state index in [1.54, 1.807) is 0 Å². The fourth-order valence-electron chi connectivity index (χ4n) is 2.02. The van der Waals surface area contributed by atoms with E-state index in [0.29, 0.717) is 19.1 Å². The minimum Gasteiger partial charge on any atom is -0.376 e. The molecule has 14 heavy (non-hydrogen) atoms. The molecule has 4 nitrogen and oxygen atoms in total. The lowest BCUT2D eigenvalue weighted by atomic mass is 10.1. The smallest absolute Gasteiger partial charge is 0.220 e. The van der Waals surface area contributed by atoms with Crippen LogP contribution in [0.4, 0.5) is 0 Å². The van der Waals surface area contributed by atoms with Gasteiger partial charge in [0, 0.05) is 6.42 Å². The van der Waals surface area contributed by atoms with E-state index in [4.69, 9.17) is 4.74 Å². The van der Waals surface area contributed by atoms with Crippen LogP contribution in [0.5, 0.6) is 0 Å². The van der Waals surface area contributed by atoms with Gasteiger partial charge in [-0.1, -0.05) is 0 Å². The highest BCUT2D eigenvalue weighted by Crippen LogP contribution is 2.11. The van der Waals surface area contributed by atoms with Gasteiger partial charge >= 0.3 is 0 Å². The molecule has 0 aromatic carbocycles. The number of rotatable bonds is 3. The third kappa shape index (κ3) is 2.69. The Labute approximate surface area is 84.4 Å². The molecule has 4 heteroatoms. The van der Waals surface area contributed by atoms with Crippen molar-refractivity contribution in [3.05, 3.63) is 0 Å².